The summed E-state index contributed by atoms with van der Waals surface area (Å²) in [6.45, 7) is 5.59. The first-order valence-corrected chi connectivity index (χ1v) is 31.5. The summed E-state index contributed by atoms with van der Waals surface area (Å²) in [5.41, 5.74) is 0. The van der Waals surface area contributed by atoms with Gasteiger partial charge < -0.3 is 39.0 Å². The second-order valence-corrected chi connectivity index (χ2v) is 20.5. The topological polar surface area (TPSA) is 175 Å². The predicted molar refractivity (Wildman–Crippen MR) is 339 cm³/mol. The van der Waals surface area contributed by atoms with Crippen LogP contribution in [0.5, 0.6) is 0 Å². The van der Waals surface area contributed by atoms with Gasteiger partial charge in [-0.3, -0.25) is 14.4 Å². The highest BCUT2D eigenvalue weighted by Gasteiger charge is 2.50. The van der Waals surface area contributed by atoms with Crippen LogP contribution in [-0.2, 0) is 42.9 Å². The van der Waals surface area contributed by atoms with E-state index in [2.05, 4.69) is 179 Å². The van der Waals surface area contributed by atoms with Crippen molar-refractivity contribution in [3.05, 3.63) is 158 Å². The Hall–Kier alpha value is -5.66. The van der Waals surface area contributed by atoms with Gasteiger partial charge in [0.25, 0.3) is 0 Å². The minimum Gasteiger partial charge on any atom is -0.479 e. The van der Waals surface area contributed by atoms with Crippen molar-refractivity contribution in [3.63, 3.8) is 0 Å². The van der Waals surface area contributed by atoms with Gasteiger partial charge in [-0.15, -0.1) is 0 Å². The van der Waals surface area contributed by atoms with Crippen LogP contribution < -0.4 is 0 Å². The van der Waals surface area contributed by atoms with Crippen molar-refractivity contribution in [2.45, 2.75) is 250 Å². The van der Waals surface area contributed by atoms with Crippen molar-refractivity contribution in [1.82, 2.24) is 0 Å². The SMILES string of the molecule is CC/C=C\C/C=C\C/C=C\C/C=C\C/C=C\CCCCCC(=O)OC1C(OCC(COC(=O)CCCCCC/C=C\C/C=C\C/C=C\C/C=C\CC)OC(=O)CCCCCC/C=C\C/C=C\C/C=C\C/C=C\CC)OC(C(=O)O)C(O)C1O. The molecule has 83 heavy (non-hydrogen) atoms. The zero-order valence-electron chi connectivity index (χ0n) is 51.1. The van der Waals surface area contributed by atoms with Crippen molar-refractivity contribution in [2.24, 2.45) is 0 Å². The van der Waals surface area contributed by atoms with Crippen molar-refractivity contribution in [2.75, 3.05) is 13.2 Å². The van der Waals surface area contributed by atoms with Crippen LogP contribution in [0.1, 0.15) is 213 Å². The van der Waals surface area contributed by atoms with Crippen LogP contribution in [0.25, 0.3) is 0 Å². The molecule has 1 fully saturated rings. The number of hydrogen-bond acceptors (Lipinski definition) is 11. The molecule has 1 rings (SSSR count). The Morgan fingerprint density at radius 2 is 0.723 bits per heavy atom. The third kappa shape index (κ3) is 46.4. The first kappa shape index (κ1) is 75.4. The van der Waals surface area contributed by atoms with Gasteiger partial charge in [0.2, 0.25) is 0 Å². The lowest BCUT2D eigenvalue weighted by Crippen LogP contribution is -2.61. The molecule has 1 saturated heterocycles. The molecule has 0 aromatic rings. The summed E-state index contributed by atoms with van der Waals surface area (Å²) in [5, 5.41) is 31.6. The van der Waals surface area contributed by atoms with Crippen LogP contribution in [0.15, 0.2) is 158 Å². The normalized spacial score (nSPS) is 18.7. The number of rotatable bonds is 51. The van der Waals surface area contributed by atoms with E-state index < -0.39 is 67.3 Å². The Morgan fingerprint density at radius 1 is 0.398 bits per heavy atom. The van der Waals surface area contributed by atoms with E-state index in [0.717, 1.165) is 154 Å². The van der Waals surface area contributed by atoms with E-state index in [4.69, 9.17) is 23.7 Å². The van der Waals surface area contributed by atoms with E-state index in [0.29, 0.717) is 19.3 Å². The van der Waals surface area contributed by atoms with Gasteiger partial charge in [-0.05, 0) is 141 Å². The van der Waals surface area contributed by atoms with Crippen LogP contribution in [0, 0.1) is 0 Å². The number of hydrogen-bond donors (Lipinski definition) is 3. The predicted octanol–water partition coefficient (Wildman–Crippen LogP) is 16.9. The maximum absolute atomic E-state index is 13.2. The fourth-order valence-electron chi connectivity index (χ4n) is 8.37. The lowest BCUT2D eigenvalue weighted by molar-refractivity contribution is -0.301. The fraction of sp³-hybridized carbons (Fsp3) is 0.577. The number of aliphatic hydroxyl groups is 2. The van der Waals surface area contributed by atoms with Gasteiger partial charge in [-0.1, -0.05) is 211 Å². The van der Waals surface area contributed by atoms with Crippen LogP contribution in [-0.4, -0.2) is 89.2 Å². The molecule has 6 atom stereocenters. The van der Waals surface area contributed by atoms with E-state index in [1.165, 1.54) is 0 Å². The van der Waals surface area contributed by atoms with Gasteiger partial charge in [-0.25, -0.2) is 4.79 Å². The molecule has 1 aliphatic heterocycles. The molecule has 1 heterocycles. The molecule has 464 valence electrons. The molecule has 0 aromatic carbocycles. The Labute approximate surface area is 501 Å². The molecule has 12 heteroatoms. The molecular formula is C71H108O12. The van der Waals surface area contributed by atoms with Gasteiger partial charge in [0, 0.05) is 19.3 Å². The number of esters is 3. The molecule has 0 spiro atoms. The highest BCUT2D eigenvalue weighted by molar-refractivity contribution is 5.74. The van der Waals surface area contributed by atoms with Gasteiger partial charge in [0.15, 0.2) is 24.6 Å². The van der Waals surface area contributed by atoms with E-state index in [-0.39, 0.29) is 25.9 Å². The number of unbranched alkanes of at least 4 members (excludes halogenated alkanes) is 11. The summed E-state index contributed by atoms with van der Waals surface area (Å²) in [7, 11) is 0. The summed E-state index contributed by atoms with van der Waals surface area (Å²) in [6, 6.07) is 0. The summed E-state index contributed by atoms with van der Waals surface area (Å²) in [4.78, 5) is 51.3. The Morgan fingerprint density at radius 3 is 1.10 bits per heavy atom. The number of carbonyl (C=O) groups is 4. The number of ether oxygens (including phenoxy) is 5. The summed E-state index contributed by atoms with van der Waals surface area (Å²) < 4.78 is 28.4. The van der Waals surface area contributed by atoms with Crippen LogP contribution in [0.3, 0.4) is 0 Å². The van der Waals surface area contributed by atoms with Gasteiger partial charge >= 0.3 is 23.9 Å². The second-order valence-electron chi connectivity index (χ2n) is 20.5. The molecule has 0 aromatic heterocycles. The average molecular weight is 1150 g/mol. The molecule has 3 N–H and O–H groups in total. The first-order valence-electron chi connectivity index (χ1n) is 31.5. The quantitative estimate of drug-likeness (QED) is 0.0228. The van der Waals surface area contributed by atoms with Gasteiger partial charge in [0.1, 0.15) is 18.8 Å². The zero-order chi connectivity index (χ0) is 60.3. The Kier molecular flexibility index (Phi) is 51.6. The van der Waals surface area contributed by atoms with Crippen LogP contribution in [0.4, 0.5) is 0 Å². The largest absolute Gasteiger partial charge is 0.479 e. The van der Waals surface area contributed by atoms with Crippen molar-refractivity contribution in [3.8, 4) is 0 Å². The van der Waals surface area contributed by atoms with Crippen LogP contribution in [0.2, 0.25) is 0 Å². The third-order valence-corrected chi connectivity index (χ3v) is 13.1. The number of carbonyl (C=O) groups excluding carboxylic acids is 3. The van der Waals surface area contributed by atoms with E-state index >= 15 is 0 Å². The van der Waals surface area contributed by atoms with Crippen molar-refractivity contribution < 1.29 is 58.2 Å². The molecule has 1 aliphatic rings. The summed E-state index contributed by atoms with van der Waals surface area (Å²) in [6.07, 6.45) is 70.5. The smallest absolute Gasteiger partial charge is 0.335 e. The molecule has 6 unspecified atom stereocenters. The molecule has 0 radical (unpaired) electrons. The Bertz CT molecular complexity index is 2050. The van der Waals surface area contributed by atoms with Gasteiger partial charge in [-0.2, -0.15) is 0 Å². The van der Waals surface area contributed by atoms with Crippen molar-refractivity contribution >= 4 is 23.9 Å². The number of carboxylic acids is 1. The lowest BCUT2D eigenvalue weighted by atomic mass is 9.98. The number of aliphatic carboxylic acids is 1. The number of aliphatic hydroxyl groups excluding tert-OH is 2. The first-order chi connectivity index (χ1) is 40.6. The van der Waals surface area contributed by atoms with Crippen molar-refractivity contribution in [1.29, 1.82) is 0 Å². The summed E-state index contributed by atoms with van der Waals surface area (Å²) >= 11 is 0. The number of allylic oxidation sites excluding steroid dienone is 26. The third-order valence-electron chi connectivity index (χ3n) is 13.1. The average Bonchev–Trinajstić information content (AvgIpc) is 3.55. The second kappa shape index (κ2) is 56.8. The van der Waals surface area contributed by atoms with E-state index in [1.807, 2.05) is 0 Å². The standard InChI is InChI=1S/C71H108O12/c1-4-7-10-13-16-19-22-25-28-31-32-35-38-41-44-47-50-53-56-59-65(74)82-69-67(76)66(75)68(70(77)78)83-71(69)80-61-62(81-64(73)58-55-52-49-46-43-40-37-34-30-27-24-21-18-15-12-9-6-3)60-79-63(72)57-54-51-48-45-42-39-36-33-29-26-23-20-17-14-11-8-5-2/h7-12,16-21,25-30,32,35-37,39-41,44,62,66-69,71,75-76H,4-6,13-15,22-24,31,33-34,38,42-43,45-61H2,1-3H3,(H,77,78)/b10-7-,11-8-,12-9-,19-16-,20-17-,21-18-,28-25-,29-26-,30-27-,35-32-,39-36-,40-37-,44-41-. The maximum atomic E-state index is 13.2. The minimum absolute atomic E-state index is 0.00593. The molecular weight excluding hydrogens is 1040 g/mol. The zero-order valence-corrected chi connectivity index (χ0v) is 51.1. The van der Waals surface area contributed by atoms with Crippen LogP contribution >= 0.6 is 0 Å². The minimum atomic E-state index is -1.93. The lowest BCUT2D eigenvalue weighted by Gasteiger charge is -2.40. The highest BCUT2D eigenvalue weighted by atomic mass is 16.7. The fourth-order valence-corrected chi connectivity index (χ4v) is 8.37. The monoisotopic (exact) mass is 1150 g/mol. The Balaban J connectivity index is 2.74. The molecule has 0 bridgehead atoms. The highest BCUT2D eigenvalue weighted by Crippen LogP contribution is 2.26. The maximum Gasteiger partial charge on any atom is 0.335 e. The van der Waals surface area contributed by atoms with E-state index in [9.17, 15) is 34.5 Å². The molecule has 12 nitrogen and oxygen atoms in total. The molecule has 0 aliphatic carbocycles. The summed E-state index contributed by atoms with van der Waals surface area (Å²) in [5.74, 6) is -3.25. The molecule has 0 saturated carbocycles. The molecule has 0 amide bonds. The van der Waals surface area contributed by atoms with E-state index in [1.54, 1.807) is 0 Å². The van der Waals surface area contributed by atoms with Gasteiger partial charge in [0.05, 0.1) is 6.61 Å². The number of carboxylic acid groups (broad SMARTS) is 1.